The standard InChI is InChI=1S/C14H22N2OS/c1-9-7-12(11(3)18-9)10(2)16-13(17)14(4)5-6-15-8-14/h7,10,15H,5-6,8H2,1-4H3,(H,16,17). The molecule has 1 fully saturated rings. The lowest BCUT2D eigenvalue weighted by Crippen LogP contribution is -2.41. The zero-order chi connectivity index (χ0) is 13.3. The molecule has 0 aromatic carbocycles. The first-order valence-corrected chi connectivity index (χ1v) is 7.33. The summed E-state index contributed by atoms with van der Waals surface area (Å²) < 4.78 is 0. The van der Waals surface area contributed by atoms with E-state index in [1.807, 2.05) is 6.92 Å². The van der Waals surface area contributed by atoms with E-state index >= 15 is 0 Å². The zero-order valence-corrected chi connectivity index (χ0v) is 12.4. The van der Waals surface area contributed by atoms with E-state index in [0.717, 1.165) is 19.5 Å². The summed E-state index contributed by atoms with van der Waals surface area (Å²) in [7, 11) is 0. The number of carbonyl (C=O) groups excluding carboxylic acids is 1. The van der Waals surface area contributed by atoms with E-state index in [4.69, 9.17) is 0 Å². The van der Waals surface area contributed by atoms with Crippen LogP contribution < -0.4 is 10.6 Å². The van der Waals surface area contributed by atoms with Gasteiger partial charge in [-0.05, 0) is 52.3 Å². The van der Waals surface area contributed by atoms with Crippen molar-refractivity contribution < 1.29 is 4.79 Å². The van der Waals surface area contributed by atoms with Crippen molar-refractivity contribution in [3.63, 3.8) is 0 Å². The van der Waals surface area contributed by atoms with Crippen molar-refractivity contribution in [2.75, 3.05) is 13.1 Å². The Bertz CT molecular complexity index is 447. The molecule has 1 amide bonds. The van der Waals surface area contributed by atoms with E-state index < -0.39 is 0 Å². The molecule has 1 aliphatic heterocycles. The van der Waals surface area contributed by atoms with Crippen LogP contribution in [0, 0.1) is 19.3 Å². The Morgan fingerprint density at radius 3 is 2.78 bits per heavy atom. The lowest BCUT2D eigenvalue weighted by molar-refractivity contribution is -0.129. The summed E-state index contributed by atoms with van der Waals surface area (Å²) in [6.07, 6.45) is 0.924. The molecule has 100 valence electrons. The minimum Gasteiger partial charge on any atom is -0.349 e. The topological polar surface area (TPSA) is 41.1 Å². The maximum atomic E-state index is 12.3. The Kier molecular flexibility index (Phi) is 3.78. The smallest absolute Gasteiger partial charge is 0.227 e. The molecule has 0 saturated carbocycles. The van der Waals surface area contributed by atoms with Crippen LogP contribution in [0.4, 0.5) is 0 Å². The number of nitrogens with one attached hydrogen (secondary N) is 2. The van der Waals surface area contributed by atoms with Crippen LogP contribution in [0.5, 0.6) is 0 Å². The van der Waals surface area contributed by atoms with E-state index in [1.54, 1.807) is 11.3 Å². The SMILES string of the molecule is Cc1cc(C(C)NC(=O)C2(C)CCNC2)c(C)s1. The summed E-state index contributed by atoms with van der Waals surface area (Å²) in [5, 5.41) is 6.42. The number of thiophene rings is 1. The van der Waals surface area contributed by atoms with E-state index in [0.29, 0.717) is 0 Å². The highest BCUT2D eigenvalue weighted by Gasteiger charge is 2.36. The first-order chi connectivity index (χ1) is 8.42. The predicted molar refractivity (Wildman–Crippen MR) is 75.9 cm³/mol. The van der Waals surface area contributed by atoms with Gasteiger partial charge in [0, 0.05) is 16.3 Å². The Hall–Kier alpha value is -0.870. The van der Waals surface area contributed by atoms with Gasteiger partial charge in [-0.3, -0.25) is 4.79 Å². The van der Waals surface area contributed by atoms with Crippen LogP contribution in [0.25, 0.3) is 0 Å². The Morgan fingerprint density at radius 1 is 1.56 bits per heavy atom. The molecule has 1 aliphatic rings. The van der Waals surface area contributed by atoms with E-state index in [1.165, 1.54) is 15.3 Å². The predicted octanol–water partition coefficient (Wildman–Crippen LogP) is 2.54. The van der Waals surface area contributed by atoms with Gasteiger partial charge >= 0.3 is 0 Å². The molecule has 3 nitrogen and oxygen atoms in total. The molecule has 1 aromatic rings. The normalized spacial score (nSPS) is 25.1. The van der Waals surface area contributed by atoms with Crippen molar-refractivity contribution >= 4 is 17.2 Å². The lowest BCUT2D eigenvalue weighted by Gasteiger charge is -2.24. The summed E-state index contributed by atoms with van der Waals surface area (Å²) in [6.45, 7) is 10.1. The van der Waals surface area contributed by atoms with Gasteiger partial charge in [0.25, 0.3) is 0 Å². The number of rotatable bonds is 3. The summed E-state index contributed by atoms with van der Waals surface area (Å²) in [5.74, 6) is 0.170. The zero-order valence-electron chi connectivity index (χ0n) is 11.6. The van der Waals surface area contributed by atoms with Gasteiger partial charge in [-0.1, -0.05) is 0 Å². The number of hydrogen-bond donors (Lipinski definition) is 2. The second kappa shape index (κ2) is 5.02. The molecule has 1 saturated heterocycles. The fraction of sp³-hybridized carbons (Fsp3) is 0.643. The third-order valence-electron chi connectivity index (χ3n) is 3.81. The van der Waals surface area contributed by atoms with E-state index in [2.05, 4.69) is 37.5 Å². The maximum absolute atomic E-state index is 12.3. The lowest BCUT2D eigenvalue weighted by atomic mass is 9.88. The van der Waals surface area contributed by atoms with E-state index in [-0.39, 0.29) is 17.4 Å². The van der Waals surface area contributed by atoms with Crippen molar-refractivity contribution in [3.05, 3.63) is 21.4 Å². The number of hydrogen-bond acceptors (Lipinski definition) is 3. The monoisotopic (exact) mass is 266 g/mol. The van der Waals surface area contributed by atoms with Crippen LogP contribution in [0.1, 0.15) is 41.6 Å². The average Bonchev–Trinajstić information content (AvgIpc) is 2.86. The van der Waals surface area contributed by atoms with Gasteiger partial charge in [0.2, 0.25) is 5.91 Å². The van der Waals surface area contributed by atoms with Gasteiger partial charge in [-0.2, -0.15) is 0 Å². The quantitative estimate of drug-likeness (QED) is 0.883. The first kappa shape index (κ1) is 13.6. The molecule has 18 heavy (non-hydrogen) atoms. The number of amides is 1. The minimum atomic E-state index is -0.243. The highest BCUT2D eigenvalue weighted by Crippen LogP contribution is 2.29. The van der Waals surface area contributed by atoms with Crippen LogP contribution in [-0.4, -0.2) is 19.0 Å². The Morgan fingerprint density at radius 2 is 2.28 bits per heavy atom. The molecule has 0 radical (unpaired) electrons. The molecule has 2 N–H and O–H groups in total. The van der Waals surface area contributed by atoms with Crippen molar-refractivity contribution in [1.29, 1.82) is 0 Å². The molecule has 0 aliphatic carbocycles. The molecule has 0 bridgehead atoms. The summed E-state index contributed by atoms with van der Waals surface area (Å²) in [6, 6.07) is 2.28. The number of aryl methyl sites for hydroxylation is 2. The third kappa shape index (κ3) is 2.59. The largest absolute Gasteiger partial charge is 0.349 e. The molecule has 4 heteroatoms. The van der Waals surface area contributed by atoms with Gasteiger partial charge in [0.15, 0.2) is 0 Å². The molecule has 2 heterocycles. The van der Waals surface area contributed by atoms with Crippen LogP contribution >= 0.6 is 11.3 Å². The maximum Gasteiger partial charge on any atom is 0.227 e. The van der Waals surface area contributed by atoms with Crippen LogP contribution in [-0.2, 0) is 4.79 Å². The Balaban J connectivity index is 2.05. The highest BCUT2D eigenvalue weighted by molar-refractivity contribution is 7.12. The van der Waals surface area contributed by atoms with Crippen molar-refractivity contribution in [1.82, 2.24) is 10.6 Å². The molecular weight excluding hydrogens is 244 g/mol. The summed E-state index contributed by atoms with van der Waals surface area (Å²) in [5.41, 5.74) is 1.01. The fourth-order valence-corrected chi connectivity index (χ4v) is 3.56. The summed E-state index contributed by atoms with van der Waals surface area (Å²) in [4.78, 5) is 14.9. The second-order valence-electron chi connectivity index (χ2n) is 5.55. The second-order valence-corrected chi connectivity index (χ2v) is 7.01. The van der Waals surface area contributed by atoms with Crippen molar-refractivity contribution in [2.24, 2.45) is 5.41 Å². The molecule has 0 spiro atoms. The Labute approximate surface area is 113 Å². The fourth-order valence-electron chi connectivity index (χ4n) is 2.54. The van der Waals surface area contributed by atoms with Crippen molar-refractivity contribution in [2.45, 2.75) is 40.2 Å². The van der Waals surface area contributed by atoms with Crippen molar-refractivity contribution in [3.8, 4) is 0 Å². The van der Waals surface area contributed by atoms with E-state index in [9.17, 15) is 4.79 Å². The minimum absolute atomic E-state index is 0.0971. The average molecular weight is 266 g/mol. The van der Waals surface area contributed by atoms with Gasteiger partial charge in [-0.15, -0.1) is 11.3 Å². The molecular formula is C14H22N2OS. The van der Waals surface area contributed by atoms with Gasteiger partial charge < -0.3 is 10.6 Å². The molecule has 2 unspecified atom stereocenters. The number of carbonyl (C=O) groups is 1. The third-order valence-corrected chi connectivity index (χ3v) is 4.79. The first-order valence-electron chi connectivity index (χ1n) is 6.51. The summed E-state index contributed by atoms with van der Waals surface area (Å²) >= 11 is 1.79. The van der Waals surface area contributed by atoms with Gasteiger partial charge in [0.05, 0.1) is 11.5 Å². The highest BCUT2D eigenvalue weighted by atomic mass is 32.1. The van der Waals surface area contributed by atoms with Crippen LogP contribution in [0.15, 0.2) is 6.07 Å². The van der Waals surface area contributed by atoms with Crippen LogP contribution in [0.3, 0.4) is 0 Å². The van der Waals surface area contributed by atoms with Crippen LogP contribution in [0.2, 0.25) is 0 Å². The molecule has 2 rings (SSSR count). The molecule has 2 atom stereocenters. The molecule has 1 aromatic heterocycles. The van der Waals surface area contributed by atoms with Gasteiger partial charge in [-0.25, -0.2) is 0 Å². The van der Waals surface area contributed by atoms with Gasteiger partial charge in [0.1, 0.15) is 0 Å².